The van der Waals surface area contributed by atoms with Gasteiger partial charge in [-0.3, -0.25) is 9.69 Å². The zero-order valence-corrected chi connectivity index (χ0v) is 12.4. The molecule has 1 heterocycles. The summed E-state index contributed by atoms with van der Waals surface area (Å²) in [4.78, 5) is 14.6. The number of hydrogen-bond donors (Lipinski definition) is 1. The predicted octanol–water partition coefficient (Wildman–Crippen LogP) is 1.93. The van der Waals surface area contributed by atoms with Crippen molar-refractivity contribution in [3.05, 3.63) is 35.7 Å². The Balaban J connectivity index is 2.12. The molecule has 0 unspecified atom stereocenters. The molecule has 0 saturated heterocycles. The van der Waals surface area contributed by atoms with E-state index >= 15 is 0 Å². The highest BCUT2D eigenvalue weighted by Gasteiger charge is 2.30. The lowest BCUT2D eigenvalue weighted by molar-refractivity contribution is 0.0906. The van der Waals surface area contributed by atoms with Crippen molar-refractivity contribution in [2.45, 2.75) is 39.3 Å². The van der Waals surface area contributed by atoms with E-state index in [2.05, 4.69) is 16.0 Å². The van der Waals surface area contributed by atoms with E-state index in [4.69, 9.17) is 5.11 Å². The van der Waals surface area contributed by atoms with E-state index in [-0.39, 0.29) is 12.4 Å². The van der Waals surface area contributed by atoms with E-state index in [1.54, 1.807) is 0 Å². The maximum Gasteiger partial charge on any atom is 0.178 e. The Hall–Kier alpha value is -1.39. The van der Waals surface area contributed by atoms with Crippen LogP contribution in [0.5, 0.6) is 0 Å². The molecular formula is C16H24N2O2. The minimum Gasteiger partial charge on any atom is -0.395 e. The van der Waals surface area contributed by atoms with Crippen LogP contribution >= 0.6 is 0 Å². The van der Waals surface area contributed by atoms with Crippen LogP contribution in [0.3, 0.4) is 0 Å². The normalized spacial score (nSPS) is 14.8. The van der Waals surface area contributed by atoms with Crippen LogP contribution < -0.4 is 0 Å². The lowest BCUT2D eigenvalue weighted by atomic mass is 10.1. The van der Waals surface area contributed by atoms with Gasteiger partial charge in [-0.2, -0.15) is 0 Å². The summed E-state index contributed by atoms with van der Waals surface area (Å²) in [5.41, 5.74) is 2.89. The lowest BCUT2D eigenvalue weighted by Crippen LogP contribution is -2.34. The number of aryl methyl sites for hydroxylation is 1. The first-order chi connectivity index (χ1) is 9.58. The van der Waals surface area contributed by atoms with Crippen LogP contribution in [0.25, 0.3) is 0 Å². The molecule has 1 aromatic heterocycles. The van der Waals surface area contributed by atoms with Crippen molar-refractivity contribution in [3.8, 4) is 0 Å². The fourth-order valence-electron chi connectivity index (χ4n) is 2.72. The highest BCUT2D eigenvalue weighted by Crippen LogP contribution is 2.27. The minimum absolute atomic E-state index is 0.110. The van der Waals surface area contributed by atoms with Crippen molar-refractivity contribution in [3.63, 3.8) is 0 Å². The molecule has 2 rings (SSSR count). The summed E-state index contributed by atoms with van der Waals surface area (Å²) in [6.45, 7) is 9.58. The summed E-state index contributed by atoms with van der Waals surface area (Å²) < 4.78 is 2.10. The van der Waals surface area contributed by atoms with Crippen LogP contribution in [0, 0.1) is 13.8 Å². The molecule has 1 aromatic rings. The molecule has 1 fully saturated rings. The number of nitrogens with zero attached hydrogens (tertiary/aromatic N) is 2. The molecule has 1 N–H and O–H groups in total. The van der Waals surface area contributed by atoms with Gasteiger partial charge in [-0.05, 0) is 32.8 Å². The molecule has 0 radical (unpaired) electrons. The monoisotopic (exact) mass is 276 g/mol. The van der Waals surface area contributed by atoms with E-state index in [0.717, 1.165) is 36.3 Å². The Labute approximate surface area is 120 Å². The van der Waals surface area contributed by atoms with E-state index in [9.17, 15) is 4.79 Å². The number of ketones is 1. The molecule has 0 spiro atoms. The molecule has 4 heteroatoms. The van der Waals surface area contributed by atoms with Gasteiger partial charge in [0.25, 0.3) is 0 Å². The summed E-state index contributed by atoms with van der Waals surface area (Å²) in [6.07, 6.45) is 4.13. The van der Waals surface area contributed by atoms with Crippen LogP contribution in [0.1, 0.15) is 34.6 Å². The molecule has 0 amide bonds. The largest absolute Gasteiger partial charge is 0.395 e. The zero-order valence-electron chi connectivity index (χ0n) is 12.4. The summed E-state index contributed by atoms with van der Waals surface area (Å²) in [5, 5.41) is 9.10. The Bertz CT molecular complexity index is 501. The maximum absolute atomic E-state index is 12.5. The van der Waals surface area contributed by atoms with Crippen molar-refractivity contribution in [2.75, 3.05) is 19.7 Å². The average Bonchev–Trinajstić information content (AvgIpc) is 3.21. The van der Waals surface area contributed by atoms with E-state index in [0.29, 0.717) is 19.1 Å². The number of Topliss-reactive ketones (excluding diaryl/α,β-unsaturated/α-hetero) is 1. The van der Waals surface area contributed by atoms with Crippen molar-refractivity contribution >= 4 is 5.78 Å². The van der Waals surface area contributed by atoms with Crippen molar-refractivity contribution in [1.29, 1.82) is 0 Å². The number of rotatable bonds is 8. The van der Waals surface area contributed by atoms with Crippen LogP contribution in [0.2, 0.25) is 0 Å². The molecule has 0 aromatic carbocycles. The Morgan fingerprint density at radius 2 is 2.25 bits per heavy atom. The molecule has 1 aliphatic carbocycles. The lowest BCUT2D eigenvalue weighted by Gasteiger charge is -2.19. The van der Waals surface area contributed by atoms with Gasteiger partial charge in [-0.25, -0.2) is 0 Å². The number of allylic oxidation sites excluding steroid dienone is 1. The molecule has 1 aliphatic rings. The summed E-state index contributed by atoms with van der Waals surface area (Å²) in [7, 11) is 0. The van der Waals surface area contributed by atoms with Crippen molar-refractivity contribution in [2.24, 2.45) is 0 Å². The van der Waals surface area contributed by atoms with Gasteiger partial charge in [0, 0.05) is 36.1 Å². The van der Waals surface area contributed by atoms with Gasteiger partial charge in [0.1, 0.15) is 0 Å². The Morgan fingerprint density at radius 1 is 1.55 bits per heavy atom. The number of hydrogen-bond acceptors (Lipinski definition) is 3. The second-order valence-corrected chi connectivity index (χ2v) is 5.53. The molecular weight excluding hydrogens is 252 g/mol. The second-order valence-electron chi connectivity index (χ2n) is 5.53. The molecule has 0 aliphatic heterocycles. The predicted molar refractivity (Wildman–Crippen MR) is 80.1 cm³/mol. The third-order valence-electron chi connectivity index (χ3n) is 3.98. The smallest absolute Gasteiger partial charge is 0.178 e. The van der Waals surface area contributed by atoms with Gasteiger partial charge >= 0.3 is 0 Å². The average molecular weight is 276 g/mol. The topological polar surface area (TPSA) is 45.5 Å². The van der Waals surface area contributed by atoms with Crippen molar-refractivity contribution < 1.29 is 9.90 Å². The quantitative estimate of drug-likeness (QED) is 0.583. The SMILES string of the molecule is C=CCn1c(C)cc(C(=O)CN(CCO)C2CC2)c1C. The molecule has 110 valence electrons. The van der Waals surface area contributed by atoms with Gasteiger partial charge in [-0.1, -0.05) is 6.08 Å². The van der Waals surface area contributed by atoms with E-state index < -0.39 is 0 Å². The van der Waals surface area contributed by atoms with Gasteiger partial charge in [0.05, 0.1) is 13.2 Å². The van der Waals surface area contributed by atoms with Crippen LogP contribution in [-0.2, 0) is 6.54 Å². The minimum atomic E-state index is 0.110. The highest BCUT2D eigenvalue weighted by atomic mass is 16.3. The van der Waals surface area contributed by atoms with Crippen LogP contribution in [0.4, 0.5) is 0 Å². The first-order valence-corrected chi connectivity index (χ1v) is 7.24. The zero-order chi connectivity index (χ0) is 14.7. The van der Waals surface area contributed by atoms with Gasteiger partial charge in [0.15, 0.2) is 5.78 Å². The summed E-state index contributed by atoms with van der Waals surface area (Å²) in [6, 6.07) is 2.45. The van der Waals surface area contributed by atoms with Crippen LogP contribution in [0.15, 0.2) is 18.7 Å². The maximum atomic E-state index is 12.5. The first kappa shape index (κ1) is 15.0. The summed E-state index contributed by atoms with van der Waals surface area (Å²) >= 11 is 0. The first-order valence-electron chi connectivity index (χ1n) is 7.24. The van der Waals surface area contributed by atoms with Gasteiger partial charge in [0.2, 0.25) is 0 Å². The molecule has 0 atom stereocenters. The fourth-order valence-corrected chi connectivity index (χ4v) is 2.72. The fraction of sp³-hybridized carbons (Fsp3) is 0.562. The third kappa shape index (κ3) is 3.19. The van der Waals surface area contributed by atoms with Crippen LogP contribution in [-0.4, -0.2) is 46.1 Å². The standard InChI is InChI=1S/C16H24N2O2/c1-4-7-18-12(2)10-15(13(18)3)16(20)11-17(8-9-19)14-5-6-14/h4,10,14,19H,1,5-9,11H2,2-3H3. The number of aromatic nitrogens is 1. The summed E-state index contributed by atoms with van der Waals surface area (Å²) in [5.74, 6) is 0.147. The number of aliphatic hydroxyl groups excluding tert-OH is 1. The molecule has 20 heavy (non-hydrogen) atoms. The second kappa shape index (κ2) is 6.37. The third-order valence-corrected chi connectivity index (χ3v) is 3.98. The number of carbonyl (C=O) groups is 1. The Morgan fingerprint density at radius 3 is 2.80 bits per heavy atom. The number of aliphatic hydroxyl groups is 1. The van der Waals surface area contributed by atoms with E-state index in [1.165, 1.54) is 0 Å². The van der Waals surface area contributed by atoms with E-state index in [1.807, 2.05) is 26.0 Å². The highest BCUT2D eigenvalue weighted by molar-refractivity contribution is 5.99. The molecule has 0 bridgehead atoms. The Kier molecular flexibility index (Phi) is 4.78. The van der Waals surface area contributed by atoms with Crippen molar-refractivity contribution in [1.82, 2.24) is 9.47 Å². The number of carbonyl (C=O) groups excluding carboxylic acids is 1. The van der Waals surface area contributed by atoms with Gasteiger partial charge in [-0.15, -0.1) is 6.58 Å². The molecule has 4 nitrogen and oxygen atoms in total. The van der Waals surface area contributed by atoms with Gasteiger partial charge < -0.3 is 9.67 Å². The molecule has 1 saturated carbocycles.